The fourth-order valence-corrected chi connectivity index (χ4v) is 5.04. The van der Waals surface area contributed by atoms with Crippen LogP contribution in [0.15, 0.2) is 31.8 Å². The molecule has 1 aromatic heterocycles. The van der Waals surface area contributed by atoms with Crippen LogP contribution in [0.25, 0.3) is 0 Å². The summed E-state index contributed by atoms with van der Waals surface area (Å²) in [5.41, 5.74) is 3.38. The highest BCUT2D eigenvalue weighted by molar-refractivity contribution is 9.12. The van der Waals surface area contributed by atoms with E-state index in [1.165, 1.54) is 11.6 Å². The van der Waals surface area contributed by atoms with Crippen molar-refractivity contribution in [2.75, 3.05) is 7.05 Å². The van der Waals surface area contributed by atoms with Gasteiger partial charge in [-0.05, 0) is 87.1 Å². The monoisotopic (exact) mass is 405 g/mol. The molecular weight excluding hydrogens is 393 g/mol. The van der Waals surface area contributed by atoms with Crippen LogP contribution < -0.4 is 5.32 Å². The molecule has 0 bridgehead atoms. The molecule has 2 aromatic rings. The lowest BCUT2D eigenvalue weighted by Gasteiger charge is -2.17. The Kier molecular flexibility index (Phi) is 5.17. The van der Waals surface area contributed by atoms with Crippen LogP contribution in [0.4, 0.5) is 4.39 Å². The third-order valence-corrected chi connectivity index (χ3v) is 5.52. The minimum Gasteiger partial charge on any atom is -0.313 e. The number of rotatable bonds is 4. The number of halogens is 3. The van der Waals surface area contributed by atoms with Gasteiger partial charge in [-0.1, -0.05) is 6.07 Å². The average Bonchev–Trinajstić information content (AvgIpc) is 2.68. The molecule has 1 aromatic carbocycles. The summed E-state index contributed by atoms with van der Waals surface area (Å²) in [7, 11) is 1.95. The number of likely N-dealkylation sites (N-methyl/N-ethyl adjacent to an activating group) is 1. The summed E-state index contributed by atoms with van der Waals surface area (Å²) in [6.45, 7) is 1.95. The molecule has 1 atom stereocenters. The van der Waals surface area contributed by atoms with Crippen molar-refractivity contribution in [3.8, 4) is 0 Å². The van der Waals surface area contributed by atoms with Crippen molar-refractivity contribution in [1.29, 1.82) is 0 Å². The maximum atomic E-state index is 13.1. The topological polar surface area (TPSA) is 12.0 Å². The van der Waals surface area contributed by atoms with Crippen molar-refractivity contribution in [2.24, 2.45) is 0 Å². The third-order valence-electron chi connectivity index (χ3n) is 3.14. The van der Waals surface area contributed by atoms with E-state index in [1.807, 2.05) is 20.0 Å². The van der Waals surface area contributed by atoms with E-state index >= 15 is 0 Å². The van der Waals surface area contributed by atoms with E-state index in [-0.39, 0.29) is 11.9 Å². The normalized spacial score (nSPS) is 12.7. The van der Waals surface area contributed by atoms with Crippen LogP contribution in [0, 0.1) is 12.7 Å². The molecule has 0 aliphatic heterocycles. The first kappa shape index (κ1) is 15.2. The van der Waals surface area contributed by atoms with E-state index in [1.54, 1.807) is 17.4 Å². The van der Waals surface area contributed by atoms with Gasteiger partial charge in [-0.15, -0.1) is 11.3 Å². The first-order chi connectivity index (χ1) is 9.01. The molecule has 0 radical (unpaired) electrons. The van der Waals surface area contributed by atoms with Crippen molar-refractivity contribution >= 4 is 43.2 Å². The summed E-state index contributed by atoms with van der Waals surface area (Å²) in [6, 6.07) is 7.30. The summed E-state index contributed by atoms with van der Waals surface area (Å²) in [5.74, 6) is -0.179. The maximum absolute atomic E-state index is 13.1. The van der Waals surface area contributed by atoms with Crippen molar-refractivity contribution in [3.05, 3.63) is 54.3 Å². The lowest BCUT2D eigenvalue weighted by atomic mass is 9.98. The molecule has 102 valence electrons. The van der Waals surface area contributed by atoms with Crippen molar-refractivity contribution in [2.45, 2.75) is 19.4 Å². The van der Waals surface area contributed by atoms with Crippen LogP contribution in [-0.2, 0) is 6.42 Å². The van der Waals surface area contributed by atoms with E-state index in [4.69, 9.17) is 0 Å². The van der Waals surface area contributed by atoms with E-state index in [0.717, 1.165) is 25.1 Å². The van der Waals surface area contributed by atoms with Gasteiger partial charge in [-0.25, -0.2) is 4.39 Å². The average molecular weight is 407 g/mol. The van der Waals surface area contributed by atoms with Gasteiger partial charge in [0.2, 0.25) is 0 Å². The van der Waals surface area contributed by atoms with E-state index in [9.17, 15) is 4.39 Å². The molecule has 1 unspecified atom stereocenters. The Labute approximate surface area is 133 Å². The predicted octanol–water partition coefficient (Wildman–Crippen LogP) is 5.22. The number of hydrogen-bond acceptors (Lipinski definition) is 2. The zero-order chi connectivity index (χ0) is 14.0. The van der Waals surface area contributed by atoms with Gasteiger partial charge in [0.15, 0.2) is 0 Å². The molecule has 0 spiro atoms. The van der Waals surface area contributed by atoms with Crippen molar-refractivity contribution in [3.63, 3.8) is 0 Å². The van der Waals surface area contributed by atoms with Gasteiger partial charge < -0.3 is 5.32 Å². The number of aryl methyl sites for hydroxylation is 1. The van der Waals surface area contributed by atoms with Gasteiger partial charge in [0.25, 0.3) is 0 Å². The van der Waals surface area contributed by atoms with Crippen molar-refractivity contribution < 1.29 is 4.39 Å². The minimum atomic E-state index is -0.179. The fourth-order valence-electron chi connectivity index (χ4n) is 2.07. The smallest absolute Gasteiger partial charge is 0.123 e. The third kappa shape index (κ3) is 3.66. The zero-order valence-electron chi connectivity index (χ0n) is 10.6. The summed E-state index contributed by atoms with van der Waals surface area (Å²) < 4.78 is 15.4. The summed E-state index contributed by atoms with van der Waals surface area (Å²) >= 11 is 8.76. The van der Waals surface area contributed by atoms with Gasteiger partial charge >= 0.3 is 0 Å². The molecule has 5 heteroatoms. The minimum absolute atomic E-state index is 0.179. The van der Waals surface area contributed by atoms with E-state index in [2.05, 4.69) is 43.2 Å². The van der Waals surface area contributed by atoms with Crippen LogP contribution in [-0.4, -0.2) is 7.05 Å². The van der Waals surface area contributed by atoms with Crippen LogP contribution in [0.2, 0.25) is 0 Å². The Bertz CT molecular complexity index is 583. The molecule has 0 saturated carbocycles. The van der Waals surface area contributed by atoms with E-state index in [0.29, 0.717) is 0 Å². The Morgan fingerprint density at radius 3 is 2.58 bits per heavy atom. The molecule has 1 heterocycles. The molecule has 0 saturated heterocycles. The molecule has 0 aliphatic carbocycles. The SMILES string of the molecule is CNC(Cc1ccc(F)cc1C)c1cc(Br)sc1Br. The van der Waals surface area contributed by atoms with Gasteiger partial charge in [0.1, 0.15) is 5.82 Å². The standard InChI is InChI=1S/C14H14Br2FNS/c1-8-5-10(17)4-3-9(8)6-12(18-2)11-7-13(15)19-14(11)16/h3-5,7,12,18H,6H2,1-2H3. The van der Waals surface area contributed by atoms with E-state index < -0.39 is 0 Å². The van der Waals surface area contributed by atoms with Gasteiger partial charge in [0.05, 0.1) is 7.57 Å². The van der Waals surface area contributed by atoms with Crippen LogP contribution in [0.5, 0.6) is 0 Å². The van der Waals surface area contributed by atoms with Crippen molar-refractivity contribution in [1.82, 2.24) is 5.32 Å². The molecular formula is C14H14Br2FNS. The van der Waals surface area contributed by atoms with Gasteiger partial charge in [-0.2, -0.15) is 0 Å². The van der Waals surface area contributed by atoms with Gasteiger partial charge in [-0.3, -0.25) is 0 Å². The maximum Gasteiger partial charge on any atom is 0.123 e. The van der Waals surface area contributed by atoms with Crippen LogP contribution >= 0.6 is 43.2 Å². The second-order valence-electron chi connectivity index (χ2n) is 4.40. The number of benzene rings is 1. The Morgan fingerprint density at radius 2 is 2.05 bits per heavy atom. The summed E-state index contributed by atoms with van der Waals surface area (Å²) in [6.07, 6.45) is 0.838. The first-order valence-corrected chi connectivity index (χ1v) is 8.28. The number of nitrogens with one attached hydrogen (secondary N) is 1. The highest BCUT2D eigenvalue weighted by Crippen LogP contribution is 2.36. The number of thiophene rings is 1. The lowest BCUT2D eigenvalue weighted by Crippen LogP contribution is -2.19. The Balaban J connectivity index is 2.26. The highest BCUT2D eigenvalue weighted by atomic mass is 79.9. The second kappa shape index (κ2) is 6.48. The Morgan fingerprint density at radius 1 is 1.32 bits per heavy atom. The molecule has 1 nitrogen and oxygen atoms in total. The lowest BCUT2D eigenvalue weighted by molar-refractivity contribution is 0.586. The predicted molar refractivity (Wildman–Crippen MR) is 86.4 cm³/mol. The van der Waals surface area contributed by atoms with Gasteiger partial charge in [0, 0.05) is 6.04 Å². The summed E-state index contributed by atoms with van der Waals surface area (Å²) in [4.78, 5) is 0. The molecule has 19 heavy (non-hydrogen) atoms. The molecule has 0 fully saturated rings. The second-order valence-corrected chi connectivity index (χ2v) is 8.15. The van der Waals surface area contributed by atoms with Crippen LogP contribution in [0.1, 0.15) is 22.7 Å². The molecule has 0 aliphatic rings. The van der Waals surface area contributed by atoms with Crippen LogP contribution in [0.3, 0.4) is 0 Å². The zero-order valence-corrected chi connectivity index (χ0v) is 14.6. The highest BCUT2D eigenvalue weighted by Gasteiger charge is 2.17. The molecule has 0 amide bonds. The molecule has 1 N–H and O–H groups in total. The quantitative estimate of drug-likeness (QED) is 0.733. The molecule has 2 rings (SSSR count). The summed E-state index contributed by atoms with van der Waals surface area (Å²) in [5, 5.41) is 3.32. The number of hydrogen-bond donors (Lipinski definition) is 1. The fraction of sp³-hybridized carbons (Fsp3) is 0.286. The largest absolute Gasteiger partial charge is 0.313 e. The first-order valence-electron chi connectivity index (χ1n) is 5.88. The Hall–Kier alpha value is -0.230.